The number of benzene rings is 2. The molecule has 2 aromatic carbocycles. The van der Waals surface area contributed by atoms with Gasteiger partial charge in [-0.05, 0) is 90.4 Å². The molecule has 0 radical (unpaired) electrons. The molecule has 1 aliphatic heterocycles. The monoisotopic (exact) mass is 552 g/mol. The highest BCUT2D eigenvalue weighted by atomic mass is 16.7. The van der Waals surface area contributed by atoms with Gasteiger partial charge in [-0.25, -0.2) is 14.6 Å². The molecule has 0 aromatic heterocycles. The lowest BCUT2D eigenvalue weighted by Gasteiger charge is -2.29. The zero-order valence-electron chi connectivity index (χ0n) is 23.9. The normalized spacial score (nSPS) is 16.8. The van der Waals surface area contributed by atoms with Gasteiger partial charge in [0.2, 0.25) is 5.60 Å². The van der Waals surface area contributed by atoms with Crippen LogP contribution in [0.5, 0.6) is 5.75 Å². The molecule has 0 fully saturated rings. The average molecular weight is 553 g/mol. The standard InChI is InChI=1S/C29H36N4O7/c1-17-8-13-20(37-24(35)18-9-11-19(12-10-18)32-26(30)31)14-21(17)22-15-29(40-33-22,25(36)39-28(5,6)7)16-23(34)38-27(2,3)4/h8-14H,15-16H2,1-7H3,(H4,30,31,32). The second-order valence-electron chi connectivity index (χ2n) is 11.5. The fourth-order valence-electron chi connectivity index (χ4n) is 3.84. The molecule has 214 valence electrons. The first-order chi connectivity index (χ1) is 18.5. The Labute approximate surface area is 233 Å². The summed E-state index contributed by atoms with van der Waals surface area (Å²) in [4.78, 5) is 48.4. The molecule has 0 aliphatic carbocycles. The number of hydrogen-bond acceptors (Lipinski definition) is 9. The number of hydrogen-bond donors (Lipinski definition) is 2. The van der Waals surface area contributed by atoms with Crippen molar-refractivity contribution in [3.8, 4) is 5.75 Å². The highest BCUT2D eigenvalue weighted by Gasteiger charge is 2.52. The summed E-state index contributed by atoms with van der Waals surface area (Å²) in [6.07, 6.45) is -0.443. The Balaban J connectivity index is 1.83. The highest BCUT2D eigenvalue weighted by molar-refractivity contribution is 6.07. The topological polar surface area (TPSA) is 165 Å². The van der Waals surface area contributed by atoms with Crippen molar-refractivity contribution in [1.29, 1.82) is 0 Å². The van der Waals surface area contributed by atoms with E-state index in [4.69, 9.17) is 30.5 Å². The van der Waals surface area contributed by atoms with Crippen molar-refractivity contribution in [2.75, 3.05) is 0 Å². The largest absolute Gasteiger partial charge is 0.460 e. The summed E-state index contributed by atoms with van der Waals surface area (Å²) >= 11 is 0. The van der Waals surface area contributed by atoms with Crippen LogP contribution >= 0.6 is 0 Å². The Morgan fingerprint density at radius 2 is 1.60 bits per heavy atom. The van der Waals surface area contributed by atoms with Gasteiger partial charge in [0.15, 0.2) is 5.96 Å². The molecular formula is C29H36N4O7. The van der Waals surface area contributed by atoms with Crippen LogP contribution in [0.4, 0.5) is 5.69 Å². The third-order valence-electron chi connectivity index (χ3n) is 5.50. The minimum Gasteiger partial charge on any atom is -0.460 e. The number of rotatable bonds is 7. The quantitative estimate of drug-likeness (QED) is 0.223. The molecule has 3 rings (SSSR count). The number of carbonyl (C=O) groups excluding carboxylic acids is 3. The van der Waals surface area contributed by atoms with Gasteiger partial charge in [-0.2, -0.15) is 0 Å². The zero-order valence-corrected chi connectivity index (χ0v) is 23.9. The minimum atomic E-state index is -1.71. The second-order valence-corrected chi connectivity index (χ2v) is 11.5. The number of nitrogens with zero attached hydrogens (tertiary/aromatic N) is 2. The van der Waals surface area contributed by atoms with Crippen molar-refractivity contribution in [2.45, 2.75) is 78.1 Å². The number of carbonyl (C=O) groups is 3. The van der Waals surface area contributed by atoms with Crippen LogP contribution in [0, 0.1) is 6.92 Å². The molecule has 1 aliphatic rings. The predicted molar refractivity (Wildman–Crippen MR) is 149 cm³/mol. The Morgan fingerprint density at radius 3 is 2.17 bits per heavy atom. The summed E-state index contributed by atoms with van der Waals surface area (Å²) in [5.41, 5.74) is 10.0. The summed E-state index contributed by atoms with van der Waals surface area (Å²) in [6.45, 7) is 12.2. The van der Waals surface area contributed by atoms with Crippen LogP contribution < -0.4 is 16.2 Å². The first-order valence-electron chi connectivity index (χ1n) is 12.7. The molecule has 4 N–H and O–H groups in total. The number of esters is 3. The molecule has 0 saturated carbocycles. The van der Waals surface area contributed by atoms with Crippen LogP contribution in [0.3, 0.4) is 0 Å². The van der Waals surface area contributed by atoms with Gasteiger partial charge in [0.25, 0.3) is 0 Å². The summed E-state index contributed by atoms with van der Waals surface area (Å²) in [5, 5.41) is 4.17. The molecule has 40 heavy (non-hydrogen) atoms. The maximum Gasteiger partial charge on any atom is 0.354 e. The molecule has 1 atom stereocenters. The molecular weight excluding hydrogens is 516 g/mol. The molecule has 2 aromatic rings. The number of guanidine groups is 1. The van der Waals surface area contributed by atoms with Crippen LogP contribution in [-0.2, 0) is 23.9 Å². The van der Waals surface area contributed by atoms with E-state index in [2.05, 4.69) is 10.1 Å². The van der Waals surface area contributed by atoms with E-state index >= 15 is 0 Å². The molecule has 1 unspecified atom stereocenters. The van der Waals surface area contributed by atoms with Gasteiger partial charge in [0.05, 0.1) is 23.4 Å². The molecule has 11 nitrogen and oxygen atoms in total. The minimum absolute atomic E-state index is 0.0500. The lowest BCUT2D eigenvalue weighted by Crippen LogP contribution is -2.46. The summed E-state index contributed by atoms with van der Waals surface area (Å²) in [6, 6.07) is 11.3. The van der Waals surface area contributed by atoms with Gasteiger partial charge in [-0.3, -0.25) is 4.79 Å². The van der Waals surface area contributed by atoms with Gasteiger partial charge in [0.1, 0.15) is 17.0 Å². The highest BCUT2D eigenvalue weighted by Crippen LogP contribution is 2.35. The van der Waals surface area contributed by atoms with Gasteiger partial charge in [-0.15, -0.1) is 0 Å². The second kappa shape index (κ2) is 11.4. The smallest absolute Gasteiger partial charge is 0.354 e. The molecule has 0 saturated heterocycles. The number of aryl methyl sites for hydroxylation is 1. The fourth-order valence-corrected chi connectivity index (χ4v) is 3.84. The summed E-state index contributed by atoms with van der Waals surface area (Å²) < 4.78 is 16.6. The van der Waals surface area contributed by atoms with Crippen molar-refractivity contribution in [2.24, 2.45) is 21.6 Å². The predicted octanol–water partition coefficient (Wildman–Crippen LogP) is 4.06. The zero-order chi connectivity index (χ0) is 29.9. The van der Waals surface area contributed by atoms with Crippen molar-refractivity contribution >= 4 is 35.3 Å². The molecule has 11 heteroatoms. The fraction of sp³-hybridized carbons (Fsp3) is 0.414. The first kappa shape index (κ1) is 30.1. The van der Waals surface area contributed by atoms with E-state index in [9.17, 15) is 14.4 Å². The average Bonchev–Trinajstić information content (AvgIpc) is 3.23. The van der Waals surface area contributed by atoms with Crippen molar-refractivity contribution in [3.05, 3.63) is 59.2 Å². The lowest BCUT2D eigenvalue weighted by molar-refractivity contribution is -0.188. The summed E-state index contributed by atoms with van der Waals surface area (Å²) in [5.74, 6) is -1.79. The van der Waals surface area contributed by atoms with Crippen molar-refractivity contribution < 1.29 is 33.4 Å². The molecule has 1 heterocycles. The van der Waals surface area contributed by atoms with E-state index in [1.54, 1.807) is 84.0 Å². The maximum absolute atomic E-state index is 13.3. The SMILES string of the molecule is Cc1ccc(OC(=O)c2ccc(N=C(N)N)cc2)cc1C1=NOC(CC(=O)OC(C)(C)C)(C(=O)OC(C)(C)C)C1. The molecule has 0 bridgehead atoms. The van der Waals surface area contributed by atoms with Crippen molar-refractivity contribution in [3.63, 3.8) is 0 Å². The van der Waals surface area contributed by atoms with Crippen LogP contribution in [0.1, 0.15) is 75.9 Å². The van der Waals surface area contributed by atoms with Gasteiger partial charge in [0, 0.05) is 12.0 Å². The van der Waals surface area contributed by atoms with Crippen molar-refractivity contribution in [1.82, 2.24) is 0 Å². The third-order valence-corrected chi connectivity index (χ3v) is 5.50. The van der Waals surface area contributed by atoms with E-state index in [1.165, 1.54) is 0 Å². The van der Waals surface area contributed by atoms with Gasteiger partial charge < -0.3 is 30.5 Å². The third kappa shape index (κ3) is 8.05. The van der Waals surface area contributed by atoms with Crippen LogP contribution in [-0.4, -0.2) is 46.4 Å². The van der Waals surface area contributed by atoms with Gasteiger partial charge in [-0.1, -0.05) is 11.2 Å². The van der Waals surface area contributed by atoms with E-state index in [0.29, 0.717) is 22.5 Å². The van der Waals surface area contributed by atoms with Crippen LogP contribution in [0.15, 0.2) is 52.6 Å². The molecule has 0 spiro atoms. The molecule has 0 amide bonds. The van der Waals surface area contributed by atoms with E-state index in [1.807, 2.05) is 6.92 Å². The number of aliphatic imine (C=N–C) groups is 1. The Kier molecular flexibility index (Phi) is 8.57. The van der Waals surface area contributed by atoms with E-state index in [-0.39, 0.29) is 18.1 Å². The number of ether oxygens (including phenoxy) is 3. The lowest BCUT2D eigenvalue weighted by atomic mass is 9.89. The summed E-state index contributed by atoms with van der Waals surface area (Å²) in [7, 11) is 0. The van der Waals surface area contributed by atoms with E-state index < -0.39 is 41.1 Å². The van der Waals surface area contributed by atoms with Gasteiger partial charge >= 0.3 is 17.9 Å². The maximum atomic E-state index is 13.3. The van der Waals surface area contributed by atoms with Crippen LogP contribution in [0.25, 0.3) is 0 Å². The number of nitrogens with two attached hydrogens (primary N) is 2. The first-order valence-corrected chi connectivity index (χ1v) is 12.7. The van der Waals surface area contributed by atoms with Crippen LogP contribution in [0.2, 0.25) is 0 Å². The Morgan fingerprint density at radius 1 is 0.975 bits per heavy atom. The van der Waals surface area contributed by atoms with E-state index in [0.717, 1.165) is 5.56 Å². The Hall–Kier alpha value is -4.41. The number of oxime groups is 1. The Bertz CT molecular complexity index is 1350.